The van der Waals surface area contributed by atoms with Gasteiger partial charge in [-0.25, -0.2) is 10.2 Å². The van der Waals surface area contributed by atoms with Crippen LogP contribution in [0.4, 0.5) is 10.5 Å². The normalized spacial score (nSPS) is 14.3. The molecule has 4 amide bonds. The van der Waals surface area contributed by atoms with Gasteiger partial charge in [0.05, 0.1) is 70.7 Å². The molecule has 0 atom stereocenters. The summed E-state index contributed by atoms with van der Waals surface area (Å²) in [5.41, 5.74) is 6.98. The summed E-state index contributed by atoms with van der Waals surface area (Å²) in [6.07, 6.45) is 1.05. The fourth-order valence-electron chi connectivity index (χ4n) is 6.54. The van der Waals surface area contributed by atoms with Gasteiger partial charge in [0.1, 0.15) is 11.4 Å². The van der Waals surface area contributed by atoms with Gasteiger partial charge in [-0.2, -0.15) is 5.10 Å². The number of fused-ring (bicyclic) bond motifs is 4. The van der Waals surface area contributed by atoms with E-state index in [-0.39, 0.29) is 24.8 Å². The Kier molecular flexibility index (Phi) is 14.7. The fourth-order valence-corrected chi connectivity index (χ4v) is 6.54. The van der Waals surface area contributed by atoms with Crippen molar-refractivity contribution in [3.63, 3.8) is 0 Å². The zero-order valence-corrected chi connectivity index (χ0v) is 31.6. The van der Waals surface area contributed by atoms with Crippen LogP contribution in [-0.4, -0.2) is 132 Å². The summed E-state index contributed by atoms with van der Waals surface area (Å²) in [7, 11) is 0. The second kappa shape index (κ2) is 20.5. The Morgan fingerprint density at radius 2 is 1.54 bits per heavy atom. The molecule has 1 saturated heterocycles. The molecular formula is C40H49N7O9. The summed E-state index contributed by atoms with van der Waals surface area (Å²) in [6.45, 7) is 8.46. The number of hydrazone groups is 1. The number of carbonyl (C=O) groups is 4. The van der Waals surface area contributed by atoms with Gasteiger partial charge in [0.2, 0.25) is 12.3 Å². The van der Waals surface area contributed by atoms with Crippen molar-refractivity contribution in [3.8, 4) is 5.75 Å². The Labute approximate surface area is 324 Å². The molecule has 4 N–H and O–H groups in total. The molecule has 4 aromatic rings. The molecule has 2 aliphatic rings. The number of rotatable bonds is 20. The highest BCUT2D eigenvalue weighted by atomic mass is 16.6. The molecular weight excluding hydrogens is 722 g/mol. The van der Waals surface area contributed by atoms with Gasteiger partial charge >= 0.3 is 6.09 Å². The highest BCUT2D eigenvalue weighted by molar-refractivity contribution is 6.11. The van der Waals surface area contributed by atoms with Gasteiger partial charge in [0.25, 0.3) is 5.91 Å². The van der Waals surface area contributed by atoms with Crippen LogP contribution in [0.5, 0.6) is 5.75 Å². The minimum absolute atomic E-state index is 0.139. The number of anilines is 1. The monoisotopic (exact) mass is 771 g/mol. The van der Waals surface area contributed by atoms with Gasteiger partial charge in [-0.15, -0.1) is 0 Å². The largest absolute Gasteiger partial charge is 0.415 e. The van der Waals surface area contributed by atoms with Crippen LogP contribution in [0.3, 0.4) is 0 Å². The van der Waals surface area contributed by atoms with Gasteiger partial charge in [-0.1, -0.05) is 30.3 Å². The Balaban J connectivity index is 0.970. The first kappa shape index (κ1) is 40.3. The second-order valence-corrected chi connectivity index (χ2v) is 13.2. The van der Waals surface area contributed by atoms with Crippen LogP contribution < -0.4 is 25.7 Å². The maximum atomic E-state index is 14.0. The van der Waals surface area contributed by atoms with E-state index in [0.717, 1.165) is 38.5 Å². The topological polar surface area (TPSA) is 185 Å². The Morgan fingerprint density at radius 1 is 0.839 bits per heavy atom. The molecule has 0 radical (unpaired) electrons. The van der Waals surface area contributed by atoms with Crippen molar-refractivity contribution in [2.24, 2.45) is 5.10 Å². The van der Waals surface area contributed by atoms with Gasteiger partial charge in [0, 0.05) is 61.6 Å². The molecule has 16 heteroatoms. The number of nitrogens with one attached hydrogen (secondary N) is 4. The van der Waals surface area contributed by atoms with Crippen LogP contribution in [0, 0.1) is 0 Å². The van der Waals surface area contributed by atoms with Gasteiger partial charge in [-0.3, -0.25) is 14.4 Å². The molecule has 56 heavy (non-hydrogen) atoms. The molecule has 0 spiro atoms. The first-order valence-electron chi connectivity index (χ1n) is 18.9. The van der Waals surface area contributed by atoms with Gasteiger partial charge in [-0.05, 0) is 48.1 Å². The SMILES string of the molecule is C/C(=N\NC(=O)CCOCCOCCOCCOCCNC=O)c1ccc2[nH]c(C(=O)N3CCc4c3cc(OC(=O)N3CCNCC3)c3ccccc43)cc2c1. The minimum atomic E-state index is -0.399. The lowest BCUT2D eigenvalue weighted by Gasteiger charge is -2.27. The summed E-state index contributed by atoms with van der Waals surface area (Å²) in [5.74, 6) is -0.0299. The lowest BCUT2D eigenvalue weighted by Crippen LogP contribution is -2.47. The van der Waals surface area contributed by atoms with Gasteiger partial charge < -0.3 is 49.1 Å². The first-order valence-corrected chi connectivity index (χ1v) is 18.9. The zero-order chi connectivity index (χ0) is 39.1. The number of benzene rings is 3. The minimum Gasteiger partial charge on any atom is -0.409 e. The van der Waals surface area contributed by atoms with Crippen LogP contribution in [0.15, 0.2) is 59.7 Å². The number of H-pyrrole nitrogens is 1. The van der Waals surface area contributed by atoms with E-state index < -0.39 is 6.09 Å². The summed E-state index contributed by atoms with van der Waals surface area (Å²) in [5, 5.41) is 12.7. The number of piperazine rings is 1. The molecule has 298 valence electrons. The van der Waals surface area contributed by atoms with E-state index in [2.05, 4.69) is 26.1 Å². The predicted octanol–water partition coefficient (Wildman–Crippen LogP) is 2.97. The van der Waals surface area contributed by atoms with Gasteiger partial charge in [0.15, 0.2) is 0 Å². The average Bonchev–Trinajstić information content (AvgIpc) is 3.86. The summed E-state index contributed by atoms with van der Waals surface area (Å²) >= 11 is 0. The molecule has 2 aliphatic heterocycles. The number of hydrogen-bond acceptors (Lipinski definition) is 11. The lowest BCUT2D eigenvalue weighted by atomic mass is 10.0. The molecule has 6 rings (SSSR count). The van der Waals surface area contributed by atoms with E-state index in [1.807, 2.05) is 54.6 Å². The fraction of sp³-hybridized carbons (Fsp3) is 0.425. The third-order valence-electron chi connectivity index (χ3n) is 9.47. The summed E-state index contributed by atoms with van der Waals surface area (Å²) < 4.78 is 27.6. The average molecular weight is 772 g/mol. The first-order chi connectivity index (χ1) is 27.4. The van der Waals surface area contributed by atoms with Crippen LogP contribution in [-0.2, 0) is 35.0 Å². The van der Waals surface area contributed by atoms with Crippen LogP contribution in [0.25, 0.3) is 21.7 Å². The zero-order valence-electron chi connectivity index (χ0n) is 31.6. The summed E-state index contributed by atoms with van der Waals surface area (Å²) in [6, 6.07) is 17.1. The van der Waals surface area contributed by atoms with Crippen molar-refractivity contribution in [3.05, 3.63) is 71.4 Å². The summed E-state index contributed by atoms with van der Waals surface area (Å²) in [4.78, 5) is 56.3. The second-order valence-electron chi connectivity index (χ2n) is 13.2. The highest BCUT2D eigenvalue weighted by Crippen LogP contribution is 2.41. The van der Waals surface area contributed by atoms with E-state index in [0.29, 0.717) is 116 Å². The highest BCUT2D eigenvalue weighted by Gasteiger charge is 2.30. The molecule has 16 nitrogen and oxygen atoms in total. The van der Waals surface area contributed by atoms with Crippen LogP contribution in [0.2, 0.25) is 0 Å². The van der Waals surface area contributed by atoms with E-state index in [9.17, 15) is 19.2 Å². The predicted molar refractivity (Wildman–Crippen MR) is 210 cm³/mol. The van der Waals surface area contributed by atoms with E-state index in [4.69, 9.17) is 23.7 Å². The third-order valence-corrected chi connectivity index (χ3v) is 9.47. The number of amides is 4. The van der Waals surface area contributed by atoms with E-state index in [1.54, 1.807) is 16.7 Å². The van der Waals surface area contributed by atoms with Crippen molar-refractivity contribution in [1.29, 1.82) is 0 Å². The number of carbonyl (C=O) groups excluding carboxylic acids is 4. The van der Waals surface area contributed by atoms with Crippen molar-refractivity contribution in [2.75, 3.05) is 97.0 Å². The number of ether oxygens (including phenoxy) is 5. The lowest BCUT2D eigenvalue weighted by molar-refractivity contribution is -0.122. The maximum absolute atomic E-state index is 14.0. The van der Waals surface area contributed by atoms with Crippen LogP contribution in [0.1, 0.15) is 35.0 Å². The molecule has 1 fully saturated rings. The quantitative estimate of drug-likeness (QED) is 0.0451. The number of aromatic amines is 1. The number of aromatic nitrogens is 1. The molecule has 0 unspecified atom stereocenters. The molecule has 1 aromatic heterocycles. The van der Waals surface area contributed by atoms with E-state index in [1.165, 1.54) is 0 Å². The third kappa shape index (κ3) is 10.7. The molecule has 0 aliphatic carbocycles. The van der Waals surface area contributed by atoms with E-state index >= 15 is 0 Å². The standard InChI is InChI=1S/C40H49N7O9/c1-28(44-45-38(49)9-16-52-18-20-54-22-23-55-21-19-53-17-12-42-27-48)29-6-7-34-30(24-29)25-35(43-34)39(50)47-13-8-32-31-4-2-3-5-33(31)37(26-36(32)47)56-40(51)46-14-10-41-11-15-46/h2-7,24-27,41,43H,8-23H2,1H3,(H,42,48)(H,45,49)/b44-28+. The maximum Gasteiger partial charge on any atom is 0.415 e. The van der Waals surface area contributed by atoms with Crippen molar-refractivity contribution < 1.29 is 42.9 Å². The molecule has 0 saturated carbocycles. The molecule has 0 bridgehead atoms. The Morgan fingerprint density at radius 3 is 2.27 bits per heavy atom. The molecule has 3 heterocycles. The Bertz CT molecular complexity index is 2010. The number of hydrogen-bond donors (Lipinski definition) is 4. The molecule has 3 aromatic carbocycles. The van der Waals surface area contributed by atoms with Crippen molar-refractivity contribution >= 4 is 57.4 Å². The smallest absolute Gasteiger partial charge is 0.409 e. The Hall–Kier alpha value is -5.39. The van der Waals surface area contributed by atoms with Crippen molar-refractivity contribution in [2.45, 2.75) is 19.8 Å². The van der Waals surface area contributed by atoms with Crippen LogP contribution >= 0.6 is 0 Å². The number of nitrogens with zero attached hydrogens (tertiary/aromatic N) is 3. The van der Waals surface area contributed by atoms with Crippen molar-refractivity contribution in [1.82, 2.24) is 25.9 Å².